The molecule has 1 aliphatic rings. The fraction of sp³-hybridized carbons (Fsp3) is 0.256. The number of hydrogen-bond donors (Lipinski definition) is 0. The fourth-order valence-corrected chi connectivity index (χ4v) is 6.73. The Morgan fingerprint density at radius 2 is 1.29 bits per heavy atom. The highest BCUT2D eigenvalue weighted by atomic mass is 19.1. The number of rotatable bonds is 14. The number of ether oxygens (including phenoxy) is 3. The molecule has 5 nitrogen and oxygen atoms in total. The molecule has 1 saturated heterocycles. The summed E-state index contributed by atoms with van der Waals surface area (Å²) in [5.74, 6) is 2.72. The van der Waals surface area contributed by atoms with E-state index in [0.717, 1.165) is 65.5 Å². The van der Waals surface area contributed by atoms with Crippen molar-refractivity contribution in [2.75, 3.05) is 32.9 Å². The van der Waals surface area contributed by atoms with E-state index >= 15 is 0 Å². The maximum Gasteiger partial charge on any atom is 0.120 e. The molecule has 6 heteroatoms. The number of alkyl halides is 1. The minimum Gasteiger partial charge on any atom is -0.492 e. The van der Waals surface area contributed by atoms with Crippen LogP contribution < -0.4 is 14.2 Å². The van der Waals surface area contributed by atoms with E-state index in [4.69, 9.17) is 14.2 Å². The second kappa shape index (κ2) is 15.4. The Morgan fingerprint density at radius 1 is 0.673 bits per heavy atom. The van der Waals surface area contributed by atoms with Gasteiger partial charge in [-0.1, -0.05) is 72.8 Å². The molecule has 0 bridgehead atoms. The van der Waals surface area contributed by atoms with Crippen molar-refractivity contribution in [1.82, 2.24) is 9.47 Å². The van der Waals surface area contributed by atoms with Gasteiger partial charge in [0.05, 0.1) is 12.4 Å². The van der Waals surface area contributed by atoms with E-state index < -0.39 is 0 Å². The Labute approximate surface area is 288 Å². The number of aromatic nitrogens is 1. The first-order valence-corrected chi connectivity index (χ1v) is 17.2. The fourth-order valence-electron chi connectivity index (χ4n) is 6.73. The van der Waals surface area contributed by atoms with Crippen molar-refractivity contribution in [1.29, 1.82) is 0 Å². The Hall–Kier alpha value is -5.07. The van der Waals surface area contributed by atoms with Gasteiger partial charge in [-0.15, -0.1) is 0 Å². The van der Waals surface area contributed by atoms with Gasteiger partial charge in [0.2, 0.25) is 0 Å². The van der Waals surface area contributed by atoms with Crippen molar-refractivity contribution in [2.24, 2.45) is 5.92 Å². The summed E-state index contributed by atoms with van der Waals surface area (Å²) in [6, 6.07) is 43.7. The molecule has 7 rings (SSSR count). The maximum atomic E-state index is 13.0. The molecular weight excluding hydrogens is 611 g/mol. The van der Waals surface area contributed by atoms with Crippen LogP contribution in [0.1, 0.15) is 28.7 Å². The predicted molar refractivity (Wildman–Crippen MR) is 195 cm³/mol. The molecule has 1 atom stereocenters. The number of benzene rings is 5. The Kier molecular flexibility index (Phi) is 10.2. The largest absolute Gasteiger partial charge is 0.492 e. The highest BCUT2D eigenvalue weighted by Crippen LogP contribution is 2.37. The molecule has 0 aliphatic carbocycles. The summed E-state index contributed by atoms with van der Waals surface area (Å²) in [7, 11) is 0. The highest BCUT2D eigenvalue weighted by molar-refractivity contribution is 5.92. The number of aryl methyl sites for hydroxylation is 1. The van der Waals surface area contributed by atoms with E-state index in [1.807, 2.05) is 36.4 Å². The smallest absolute Gasteiger partial charge is 0.120 e. The molecule has 0 radical (unpaired) electrons. The van der Waals surface area contributed by atoms with Crippen molar-refractivity contribution in [3.63, 3.8) is 0 Å². The lowest BCUT2D eigenvalue weighted by atomic mass is 10.1. The van der Waals surface area contributed by atoms with Crippen LogP contribution in [0.5, 0.6) is 17.2 Å². The van der Waals surface area contributed by atoms with E-state index in [1.165, 1.54) is 22.2 Å². The van der Waals surface area contributed by atoms with Gasteiger partial charge < -0.3 is 18.8 Å². The molecule has 0 N–H and O–H groups in total. The van der Waals surface area contributed by atoms with Crippen LogP contribution in [0.2, 0.25) is 0 Å². The predicted octanol–water partition coefficient (Wildman–Crippen LogP) is 9.49. The van der Waals surface area contributed by atoms with Crippen LogP contribution in [0.3, 0.4) is 0 Å². The quantitative estimate of drug-likeness (QED) is 0.117. The van der Waals surface area contributed by atoms with Gasteiger partial charge in [0.15, 0.2) is 0 Å². The zero-order valence-electron chi connectivity index (χ0n) is 28.1. The Morgan fingerprint density at radius 3 is 1.94 bits per heavy atom. The summed E-state index contributed by atoms with van der Waals surface area (Å²) in [5, 5.41) is 1.17. The first-order valence-electron chi connectivity index (χ1n) is 17.2. The summed E-state index contributed by atoms with van der Waals surface area (Å²) < 4.78 is 33.8. The Bertz CT molecular complexity index is 1940. The molecule has 5 aromatic carbocycles. The van der Waals surface area contributed by atoms with Crippen molar-refractivity contribution in [2.45, 2.75) is 33.1 Å². The molecule has 0 saturated carbocycles. The molecule has 1 aliphatic heterocycles. The molecule has 0 amide bonds. The van der Waals surface area contributed by atoms with E-state index in [-0.39, 0.29) is 12.6 Å². The lowest BCUT2D eigenvalue weighted by molar-refractivity contribution is 0.228. The van der Waals surface area contributed by atoms with Crippen molar-refractivity contribution >= 4 is 10.9 Å². The van der Waals surface area contributed by atoms with Crippen LogP contribution in [0.25, 0.3) is 22.2 Å². The SMILES string of the molecule is Cc1c(-c2ccc(OCc3ccccc3)cc2)n(Cc2ccc(OCCN3CCC(CF)C3)cc2)c2ccc(OCc3ccccc3)cc12. The van der Waals surface area contributed by atoms with E-state index in [1.54, 1.807) is 0 Å². The van der Waals surface area contributed by atoms with E-state index in [0.29, 0.717) is 26.4 Å². The van der Waals surface area contributed by atoms with Gasteiger partial charge in [-0.2, -0.15) is 0 Å². The first kappa shape index (κ1) is 32.5. The van der Waals surface area contributed by atoms with Gasteiger partial charge in [-0.3, -0.25) is 9.29 Å². The van der Waals surface area contributed by atoms with Gasteiger partial charge in [-0.05, 0) is 102 Å². The van der Waals surface area contributed by atoms with Crippen LogP contribution in [0.4, 0.5) is 4.39 Å². The van der Waals surface area contributed by atoms with E-state index in [2.05, 4.69) is 107 Å². The van der Waals surface area contributed by atoms with Gasteiger partial charge in [0.1, 0.15) is 37.1 Å². The number of likely N-dealkylation sites (tertiary alicyclic amines) is 1. The van der Waals surface area contributed by atoms with Crippen LogP contribution in [0.15, 0.2) is 127 Å². The monoisotopic (exact) mass is 654 g/mol. The topological polar surface area (TPSA) is 35.9 Å². The number of fused-ring (bicyclic) bond motifs is 1. The molecular formula is C43H43FN2O3. The standard InChI is InChI=1S/C43H43FN2O3/c1-32-41-26-40(49-31-35-10-6-3-7-11-35)20-21-42(41)46(43(32)37-14-18-39(19-15-37)48-30-34-8-4-2-5-9-34)29-33-12-16-38(17-13-33)47-25-24-45-23-22-36(27-44)28-45/h2-21,26,36H,22-25,27-31H2,1H3. The van der Waals surface area contributed by atoms with Crippen molar-refractivity contribution in [3.05, 3.63) is 150 Å². The van der Waals surface area contributed by atoms with Gasteiger partial charge in [0.25, 0.3) is 0 Å². The van der Waals surface area contributed by atoms with Gasteiger partial charge >= 0.3 is 0 Å². The summed E-state index contributed by atoms with van der Waals surface area (Å²) in [4.78, 5) is 2.29. The van der Waals surface area contributed by atoms with E-state index in [9.17, 15) is 4.39 Å². The molecule has 1 aromatic heterocycles. The third-order valence-electron chi connectivity index (χ3n) is 9.44. The summed E-state index contributed by atoms with van der Waals surface area (Å²) in [6.07, 6.45) is 0.939. The zero-order chi connectivity index (χ0) is 33.4. The van der Waals surface area contributed by atoms with Crippen LogP contribution in [0, 0.1) is 12.8 Å². The Balaban J connectivity index is 1.11. The second-order valence-corrected chi connectivity index (χ2v) is 12.9. The molecule has 1 fully saturated rings. The lowest BCUT2D eigenvalue weighted by Gasteiger charge is -2.16. The van der Waals surface area contributed by atoms with Crippen LogP contribution in [-0.2, 0) is 19.8 Å². The van der Waals surface area contributed by atoms with Gasteiger partial charge in [-0.25, -0.2) is 0 Å². The normalized spacial score (nSPS) is 14.7. The number of nitrogens with zero attached hydrogens (tertiary/aromatic N) is 2. The summed E-state index contributed by atoms with van der Waals surface area (Å²) >= 11 is 0. The summed E-state index contributed by atoms with van der Waals surface area (Å²) in [6.45, 7) is 6.93. The molecule has 49 heavy (non-hydrogen) atoms. The lowest BCUT2D eigenvalue weighted by Crippen LogP contribution is -2.26. The van der Waals surface area contributed by atoms with Crippen molar-refractivity contribution < 1.29 is 18.6 Å². The average Bonchev–Trinajstić information content (AvgIpc) is 3.73. The molecule has 2 heterocycles. The highest BCUT2D eigenvalue weighted by Gasteiger charge is 2.22. The second-order valence-electron chi connectivity index (χ2n) is 12.9. The average molecular weight is 655 g/mol. The summed E-state index contributed by atoms with van der Waals surface area (Å²) in [5.41, 5.74) is 8.12. The number of hydrogen-bond acceptors (Lipinski definition) is 4. The molecule has 1 unspecified atom stereocenters. The molecule has 6 aromatic rings. The van der Waals surface area contributed by atoms with Crippen molar-refractivity contribution in [3.8, 4) is 28.5 Å². The minimum absolute atomic E-state index is 0.178. The third kappa shape index (κ3) is 7.98. The van der Waals surface area contributed by atoms with Gasteiger partial charge in [0, 0.05) is 36.5 Å². The van der Waals surface area contributed by atoms with Crippen LogP contribution >= 0.6 is 0 Å². The minimum atomic E-state index is -0.228. The number of halogens is 1. The molecule has 0 spiro atoms. The molecule has 250 valence electrons. The third-order valence-corrected chi connectivity index (χ3v) is 9.44. The maximum absolute atomic E-state index is 13.0. The first-order chi connectivity index (χ1) is 24.1. The van der Waals surface area contributed by atoms with Crippen LogP contribution in [-0.4, -0.2) is 42.4 Å². The zero-order valence-corrected chi connectivity index (χ0v) is 28.1.